The molecular formula is C25H22F3N5O. The number of piperidine rings is 1. The van der Waals surface area contributed by atoms with Crippen LogP contribution in [0.3, 0.4) is 0 Å². The van der Waals surface area contributed by atoms with Gasteiger partial charge in [0.25, 0.3) is 0 Å². The summed E-state index contributed by atoms with van der Waals surface area (Å²) in [6, 6.07) is 13.3. The third-order valence-electron chi connectivity index (χ3n) is 6.05. The number of fused-ring (bicyclic) bond motifs is 1. The molecule has 1 amide bonds. The lowest BCUT2D eigenvalue weighted by Crippen LogP contribution is -2.39. The number of carbonyl (C=O) groups is 1. The van der Waals surface area contributed by atoms with Gasteiger partial charge in [0.05, 0.1) is 5.69 Å². The highest BCUT2D eigenvalue weighted by molar-refractivity contribution is 5.92. The van der Waals surface area contributed by atoms with Crippen LogP contribution in [0.1, 0.15) is 18.5 Å². The molecule has 2 aromatic heterocycles. The lowest BCUT2D eigenvalue weighted by atomic mass is 9.95. The molecule has 9 heteroatoms. The zero-order valence-corrected chi connectivity index (χ0v) is 18.4. The maximum Gasteiger partial charge on any atom is 0.227 e. The van der Waals surface area contributed by atoms with Gasteiger partial charge in [0.1, 0.15) is 11.6 Å². The molecular weight excluding hydrogens is 443 g/mol. The van der Waals surface area contributed by atoms with Crippen LogP contribution in [0.4, 0.5) is 24.7 Å². The van der Waals surface area contributed by atoms with Crippen molar-refractivity contribution in [2.45, 2.75) is 19.8 Å². The fourth-order valence-corrected chi connectivity index (χ4v) is 4.26. The van der Waals surface area contributed by atoms with Gasteiger partial charge in [-0.25, -0.2) is 18.2 Å². The smallest absolute Gasteiger partial charge is 0.227 e. The molecule has 0 aliphatic carbocycles. The Morgan fingerprint density at radius 2 is 1.71 bits per heavy atom. The molecule has 1 N–H and O–H groups in total. The van der Waals surface area contributed by atoms with Gasteiger partial charge in [-0.3, -0.25) is 4.79 Å². The molecule has 0 unspecified atom stereocenters. The second-order valence-electron chi connectivity index (χ2n) is 8.44. The number of carbonyl (C=O) groups excluding carboxylic acids is 1. The number of benzene rings is 2. The number of hydrogen-bond acceptors (Lipinski definition) is 4. The van der Waals surface area contributed by atoms with E-state index >= 15 is 0 Å². The van der Waals surface area contributed by atoms with Gasteiger partial charge in [-0.05, 0) is 56.2 Å². The van der Waals surface area contributed by atoms with Gasteiger partial charge in [-0.1, -0.05) is 0 Å². The molecule has 1 saturated heterocycles. The quantitative estimate of drug-likeness (QED) is 0.462. The van der Waals surface area contributed by atoms with Crippen molar-refractivity contribution in [3.05, 3.63) is 77.7 Å². The van der Waals surface area contributed by atoms with E-state index in [2.05, 4.69) is 15.2 Å². The second-order valence-corrected chi connectivity index (χ2v) is 8.44. The summed E-state index contributed by atoms with van der Waals surface area (Å²) >= 11 is 0. The van der Waals surface area contributed by atoms with Crippen LogP contribution in [0.25, 0.3) is 16.9 Å². The van der Waals surface area contributed by atoms with Crippen LogP contribution in [-0.2, 0) is 4.79 Å². The summed E-state index contributed by atoms with van der Waals surface area (Å²) in [6.07, 6.45) is 1.20. The largest absolute Gasteiger partial charge is 0.356 e. The predicted octanol–water partition coefficient (Wildman–Crippen LogP) is 4.98. The molecule has 0 spiro atoms. The Hall–Kier alpha value is -3.88. The van der Waals surface area contributed by atoms with Crippen LogP contribution in [-0.4, -0.2) is 33.6 Å². The normalized spacial score (nSPS) is 14.5. The van der Waals surface area contributed by atoms with E-state index in [-0.39, 0.29) is 23.3 Å². The first-order valence-electron chi connectivity index (χ1n) is 11.0. The van der Waals surface area contributed by atoms with Crippen LogP contribution in [0.2, 0.25) is 0 Å². The molecule has 0 atom stereocenters. The van der Waals surface area contributed by atoms with Crippen LogP contribution in [0, 0.1) is 30.3 Å². The maximum absolute atomic E-state index is 13.4. The van der Waals surface area contributed by atoms with Crippen molar-refractivity contribution in [3.8, 4) is 11.3 Å². The maximum atomic E-state index is 13.4. The molecule has 1 aliphatic heterocycles. The predicted molar refractivity (Wildman–Crippen MR) is 123 cm³/mol. The van der Waals surface area contributed by atoms with Crippen LogP contribution >= 0.6 is 0 Å². The van der Waals surface area contributed by atoms with Crippen molar-refractivity contribution < 1.29 is 18.0 Å². The van der Waals surface area contributed by atoms with Gasteiger partial charge in [0.15, 0.2) is 17.3 Å². The standard InChI is InChI=1S/C25H22F3N5O/c1-15-12-24(33-23(29-15)14-22(31-33)16-2-4-18(26)5-3-16)32-10-8-17(9-11-32)25(34)30-19-6-7-20(27)21(28)13-19/h2-7,12-14,17H,8-11H2,1H3,(H,30,34). The van der Waals surface area contributed by atoms with Crippen LogP contribution in [0.15, 0.2) is 54.6 Å². The van der Waals surface area contributed by atoms with Crippen molar-refractivity contribution >= 4 is 23.1 Å². The third-order valence-corrected chi connectivity index (χ3v) is 6.05. The average Bonchev–Trinajstić information content (AvgIpc) is 3.25. The van der Waals surface area contributed by atoms with Crippen molar-refractivity contribution in [3.63, 3.8) is 0 Å². The summed E-state index contributed by atoms with van der Waals surface area (Å²) < 4.78 is 41.6. The number of amides is 1. The van der Waals surface area contributed by atoms with E-state index in [0.29, 0.717) is 37.3 Å². The Morgan fingerprint density at radius 3 is 2.41 bits per heavy atom. The lowest BCUT2D eigenvalue weighted by molar-refractivity contribution is -0.120. The van der Waals surface area contributed by atoms with E-state index < -0.39 is 11.6 Å². The van der Waals surface area contributed by atoms with Gasteiger partial charge in [0, 0.05) is 54.2 Å². The second kappa shape index (κ2) is 8.81. The third kappa shape index (κ3) is 4.33. The molecule has 5 rings (SSSR count). The monoisotopic (exact) mass is 465 g/mol. The van der Waals surface area contributed by atoms with E-state index in [1.807, 2.05) is 19.1 Å². The summed E-state index contributed by atoms with van der Waals surface area (Å²) in [5.41, 5.74) is 3.25. The number of anilines is 2. The minimum atomic E-state index is -0.996. The van der Waals surface area contributed by atoms with Crippen molar-refractivity contribution in [2.75, 3.05) is 23.3 Å². The number of aryl methyl sites for hydroxylation is 1. The van der Waals surface area contributed by atoms with Gasteiger partial charge < -0.3 is 10.2 Å². The number of aromatic nitrogens is 3. The van der Waals surface area contributed by atoms with Gasteiger partial charge in [-0.15, -0.1) is 0 Å². The van der Waals surface area contributed by atoms with Gasteiger partial charge in [0.2, 0.25) is 5.91 Å². The first kappa shape index (κ1) is 21.9. The number of nitrogens with zero attached hydrogens (tertiary/aromatic N) is 4. The minimum absolute atomic E-state index is 0.209. The highest BCUT2D eigenvalue weighted by Crippen LogP contribution is 2.28. The highest BCUT2D eigenvalue weighted by atomic mass is 19.2. The molecule has 2 aromatic carbocycles. The van der Waals surface area contributed by atoms with E-state index in [1.165, 1.54) is 18.2 Å². The fourth-order valence-electron chi connectivity index (χ4n) is 4.26. The van der Waals surface area contributed by atoms with Crippen LogP contribution in [0.5, 0.6) is 0 Å². The number of rotatable bonds is 4. The minimum Gasteiger partial charge on any atom is -0.356 e. The Kier molecular flexibility index (Phi) is 5.69. The Morgan fingerprint density at radius 1 is 0.971 bits per heavy atom. The SMILES string of the molecule is Cc1cc(N2CCC(C(=O)Nc3ccc(F)c(F)c3)CC2)n2nc(-c3ccc(F)cc3)cc2n1. The highest BCUT2D eigenvalue weighted by Gasteiger charge is 2.27. The van der Waals surface area contributed by atoms with Crippen molar-refractivity contribution in [2.24, 2.45) is 5.92 Å². The van der Waals surface area contributed by atoms with Crippen LogP contribution < -0.4 is 10.2 Å². The zero-order valence-electron chi connectivity index (χ0n) is 18.4. The van der Waals surface area contributed by atoms with Gasteiger partial charge in [-0.2, -0.15) is 9.61 Å². The molecule has 3 heterocycles. The average molecular weight is 465 g/mol. The number of hydrogen-bond donors (Lipinski definition) is 1. The Labute approximate surface area is 194 Å². The Balaban J connectivity index is 1.32. The summed E-state index contributed by atoms with van der Waals surface area (Å²) in [6.45, 7) is 3.16. The lowest BCUT2D eigenvalue weighted by Gasteiger charge is -2.33. The molecule has 174 valence electrons. The summed E-state index contributed by atoms with van der Waals surface area (Å²) in [5.74, 6) is -1.83. The topological polar surface area (TPSA) is 62.5 Å². The van der Waals surface area contributed by atoms with Crippen molar-refractivity contribution in [1.29, 1.82) is 0 Å². The van der Waals surface area contributed by atoms with Gasteiger partial charge >= 0.3 is 0 Å². The molecule has 0 bridgehead atoms. The molecule has 4 aromatic rings. The first-order chi connectivity index (χ1) is 16.4. The molecule has 1 aliphatic rings. The molecule has 34 heavy (non-hydrogen) atoms. The van der Waals surface area contributed by atoms with E-state index in [4.69, 9.17) is 5.10 Å². The molecule has 0 saturated carbocycles. The molecule has 6 nitrogen and oxygen atoms in total. The first-order valence-corrected chi connectivity index (χ1v) is 11.0. The number of nitrogens with one attached hydrogen (secondary N) is 1. The summed E-state index contributed by atoms with van der Waals surface area (Å²) in [7, 11) is 0. The fraction of sp³-hybridized carbons (Fsp3) is 0.240. The Bertz CT molecular complexity index is 1360. The zero-order chi connectivity index (χ0) is 23.8. The van der Waals surface area contributed by atoms with E-state index in [1.54, 1.807) is 16.6 Å². The van der Waals surface area contributed by atoms with E-state index in [0.717, 1.165) is 29.2 Å². The number of halogens is 3. The summed E-state index contributed by atoms with van der Waals surface area (Å²) in [4.78, 5) is 19.4. The van der Waals surface area contributed by atoms with E-state index in [9.17, 15) is 18.0 Å². The molecule has 1 fully saturated rings. The molecule has 0 radical (unpaired) electrons. The summed E-state index contributed by atoms with van der Waals surface area (Å²) in [5, 5.41) is 7.38. The van der Waals surface area contributed by atoms with Crippen molar-refractivity contribution in [1.82, 2.24) is 14.6 Å².